The number of nitrogens with one attached hydrogen (secondary N) is 1. The monoisotopic (exact) mass is 435 g/mol. The molecular weight excluding hydrogens is 410 g/mol. The highest BCUT2D eigenvalue weighted by molar-refractivity contribution is 6.35. The van der Waals surface area contributed by atoms with E-state index in [1.54, 1.807) is 6.07 Å². The number of aliphatic hydroxyl groups excluding tert-OH is 1. The second-order valence-corrected chi connectivity index (χ2v) is 9.73. The van der Waals surface area contributed by atoms with Gasteiger partial charge in [0.15, 0.2) is 0 Å². The summed E-state index contributed by atoms with van der Waals surface area (Å²) in [6.45, 7) is 2.11. The third-order valence-electron chi connectivity index (χ3n) is 7.69. The molecule has 0 radical (unpaired) electrons. The molecule has 0 atom stereocenters. The Morgan fingerprint density at radius 1 is 1.10 bits per heavy atom. The minimum Gasteiger partial charge on any atom is -0.393 e. The zero-order valence-electron chi connectivity index (χ0n) is 17.4. The molecule has 3 aromatic rings. The number of aromatic nitrogens is 2. The summed E-state index contributed by atoms with van der Waals surface area (Å²) in [4.78, 5) is 17.7. The van der Waals surface area contributed by atoms with Gasteiger partial charge in [0.2, 0.25) is 0 Å². The number of benzene rings is 2. The van der Waals surface area contributed by atoms with Gasteiger partial charge in [0.25, 0.3) is 5.56 Å². The Bertz CT molecular complexity index is 1240. The first-order valence-electron chi connectivity index (χ1n) is 11.3. The highest BCUT2D eigenvalue weighted by Gasteiger charge is 2.48. The Hall–Kier alpha value is -2.21. The minimum atomic E-state index is -0.326. The molecule has 5 nitrogen and oxygen atoms in total. The molecule has 2 N–H and O–H groups in total. The molecule has 0 bridgehead atoms. The molecule has 160 valence electrons. The number of nitrogens with zero attached hydrogens (tertiary/aromatic N) is 2. The van der Waals surface area contributed by atoms with Crippen LogP contribution in [0.4, 0.5) is 0 Å². The van der Waals surface area contributed by atoms with Gasteiger partial charge in [-0.25, -0.2) is 0 Å². The summed E-state index contributed by atoms with van der Waals surface area (Å²) in [6.07, 6.45) is 5.06. The number of piperidine rings is 1. The lowest BCUT2D eigenvalue weighted by molar-refractivity contribution is 0.105. The van der Waals surface area contributed by atoms with Gasteiger partial charge in [-0.2, -0.15) is 4.98 Å². The molecule has 1 saturated heterocycles. The predicted octanol–water partition coefficient (Wildman–Crippen LogP) is 4.04. The van der Waals surface area contributed by atoms with Crippen molar-refractivity contribution in [3.63, 3.8) is 0 Å². The van der Waals surface area contributed by atoms with Crippen molar-refractivity contribution < 1.29 is 5.11 Å². The molecule has 2 fully saturated rings. The second kappa shape index (κ2) is 7.16. The lowest BCUT2D eigenvalue weighted by Crippen LogP contribution is -2.36. The Labute approximate surface area is 186 Å². The van der Waals surface area contributed by atoms with Crippen LogP contribution in [0.3, 0.4) is 0 Å². The van der Waals surface area contributed by atoms with Gasteiger partial charge in [-0.1, -0.05) is 29.8 Å². The lowest BCUT2D eigenvalue weighted by Gasteiger charge is -2.36. The highest BCUT2D eigenvalue weighted by atomic mass is 35.5. The van der Waals surface area contributed by atoms with E-state index >= 15 is 0 Å². The maximum Gasteiger partial charge on any atom is 0.282 e. The molecule has 1 saturated carbocycles. The Balaban J connectivity index is 1.62. The van der Waals surface area contributed by atoms with Crippen molar-refractivity contribution >= 4 is 22.5 Å². The molecule has 1 spiro atoms. The SMILES string of the molecule is O=c1nc2n(c3cccc(Cl)c13)-c1ccc(C3CCNCC3)cc1C21CCC(O)CC1. The number of aliphatic hydroxyl groups is 1. The number of hydrogen-bond donors (Lipinski definition) is 2. The summed E-state index contributed by atoms with van der Waals surface area (Å²) in [6, 6.07) is 12.5. The van der Waals surface area contributed by atoms with Crippen molar-refractivity contribution in [2.24, 2.45) is 0 Å². The van der Waals surface area contributed by atoms with E-state index in [1.807, 2.05) is 12.1 Å². The van der Waals surface area contributed by atoms with Crippen LogP contribution in [-0.2, 0) is 5.41 Å². The van der Waals surface area contributed by atoms with Crippen LogP contribution in [0.2, 0.25) is 5.02 Å². The van der Waals surface area contributed by atoms with Crippen LogP contribution >= 0.6 is 11.6 Å². The fourth-order valence-electron chi connectivity index (χ4n) is 6.04. The van der Waals surface area contributed by atoms with Crippen LogP contribution < -0.4 is 10.9 Å². The number of fused-ring (bicyclic) bond motifs is 7. The van der Waals surface area contributed by atoms with Crippen molar-refractivity contribution in [2.75, 3.05) is 13.1 Å². The normalized spacial score (nSPS) is 25.7. The molecule has 31 heavy (non-hydrogen) atoms. The average Bonchev–Trinajstić information content (AvgIpc) is 3.05. The smallest absolute Gasteiger partial charge is 0.282 e. The summed E-state index contributed by atoms with van der Waals surface area (Å²) < 4.78 is 2.15. The van der Waals surface area contributed by atoms with Crippen molar-refractivity contribution in [1.82, 2.24) is 14.9 Å². The minimum absolute atomic E-state index is 0.260. The van der Waals surface area contributed by atoms with Gasteiger partial charge in [0.05, 0.1) is 33.1 Å². The Kier molecular flexibility index (Phi) is 4.50. The average molecular weight is 436 g/mol. The number of halogens is 1. The van der Waals surface area contributed by atoms with E-state index in [4.69, 9.17) is 11.6 Å². The van der Waals surface area contributed by atoms with E-state index in [0.717, 1.165) is 68.6 Å². The molecule has 6 rings (SSSR count). The van der Waals surface area contributed by atoms with Gasteiger partial charge in [-0.05, 0) is 86.9 Å². The molecule has 3 aliphatic rings. The van der Waals surface area contributed by atoms with E-state index in [2.05, 4.69) is 33.1 Å². The van der Waals surface area contributed by atoms with Gasteiger partial charge < -0.3 is 10.4 Å². The van der Waals surface area contributed by atoms with Crippen molar-refractivity contribution in [2.45, 2.75) is 56.0 Å². The zero-order chi connectivity index (χ0) is 21.2. The van der Waals surface area contributed by atoms with Crippen LogP contribution in [0.5, 0.6) is 0 Å². The third kappa shape index (κ3) is 2.83. The van der Waals surface area contributed by atoms with E-state index in [0.29, 0.717) is 16.3 Å². The van der Waals surface area contributed by atoms with E-state index in [1.165, 1.54) is 11.1 Å². The van der Waals surface area contributed by atoms with Crippen LogP contribution in [0.15, 0.2) is 41.2 Å². The molecular formula is C25H26ClN3O2. The molecule has 2 aromatic carbocycles. The summed E-state index contributed by atoms with van der Waals surface area (Å²) >= 11 is 6.42. The first-order valence-corrected chi connectivity index (χ1v) is 11.7. The molecule has 1 aliphatic carbocycles. The highest BCUT2D eigenvalue weighted by Crippen LogP contribution is 2.52. The topological polar surface area (TPSA) is 67.2 Å². The van der Waals surface area contributed by atoms with Crippen molar-refractivity contribution in [3.8, 4) is 5.69 Å². The van der Waals surface area contributed by atoms with Crippen LogP contribution in [0.1, 0.15) is 61.4 Å². The largest absolute Gasteiger partial charge is 0.393 e. The van der Waals surface area contributed by atoms with Gasteiger partial charge >= 0.3 is 0 Å². The zero-order valence-corrected chi connectivity index (χ0v) is 18.2. The first kappa shape index (κ1) is 19.5. The molecule has 6 heteroatoms. The third-order valence-corrected chi connectivity index (χ3v) is 8.00. The van der Waals surface area contributed by atoms with Crippen molar-refractivity contribution in [3.05, 3.63) is 68.7 Å². The number of rotatable bonds is 1. The van der Waals surface area contributed by atoms with Crippen LogP contribution in [-0.4, -0.2) is 33.9 Å². The standard InChI is InChI=1S/C25H26ClN3O2/c26-19-2-1-3-21-22(19)23(31)28-24-25(10-6-17(30)7-11-25)18-14-16(4-5-20(18)29(21)24)15-8-12-27-13-9-15/h1-5,14-15,17,27,30H,6-13H2. The second-order valence-electron chi connectivity index (χ2n) is 9.32. The molecule has 3 heterocycles. The summed E-state index contributed by atoms with van der Waals surface area (Å²) in [7, 11) is 0. The first-order chi connectivity index (χ1) is 15.1. The Morgan fingerprint density at radius 2 is 1.87 bits per heavy atom. The van der Waals surface area contributed by atoms with E-state index in [9.17, 15) is 9.90 Å². The Morgan fingerprint density at radius 3 is 2.65 bits per heavy atom. The van der Waals surface area contributed by atoms with Crippen molar-refractivity contribution in [1.29, 1.82) is 0 Å². The van der Waals surface area contributed by atoms with E-state index in [-0.39, 0.29) is 17.1 Å². The maximum atomic E-state index is 13.0. The summed E-state index contributed by atoms with van der Waals surface area (Å²) in [5.41, 5.74) is 3.97. The van der Waals surface area contributed by atoms with Crippen LogP contribution in [0.25, 0.3) is 16.6 Å². The lowest BCUT2D eigenvalue weighted by atomic mass is 9.68. The molecule has 0 amide bonds. The fourth-order valence-corrected chi connectivity index (χ4v) is 6.29. The fraction of sp³-hybridized carbons (Fsp3) is 0.440. The maximum absolute atomic E-state index is 13.0. The van der Waals surface area contributed by atoms with Crippen LogP contribution in [0, 0.1) is 0 Å². The van der Waals surface area contributed by atoms with Gasteiger partial charge in [-0.15, -0.1) is 0 Å². The van der Waals surface area contributed by atoms with E-state index < -0.39 is 0 Å². The molecule has 1 aromatic heterocycles. The van der Waals surface area contributed by atoms with Gasteiger partial charge in [0, 0.05) is 0 Å². The quantitative estimate of drug-likeness (QED) is 0.605. The summed E-state index contributed by atoms with van der Waals surface area (Å²) in [5.74, 6) is 1.37. The molecule has 2 aliphatic heterocycles. The van der Waals surface area contributed by atoms with Gasteiger partial charge in [-0.3, -0.25) is 9.36 Å². The molecule has 0 unspecified atom stereocenters. The van der Waals surface area contributed by atoms with Gasteiger partial charge in [0.1, 0.15) is 5.82 Å². The number of hydrogen-bond acceptors (Lipinski definition) is 4. The predicted molar refractivity (Wildman–Crippen MR) is 122 cm³/mol. The summed E-state index contributed by atoms with van der Waals surface area (Å²) in [5, 5.41) is 14.6.